The predicted octanol–water partition coefficient (Wildman–Crippen LogP) is 2.91. The molecule has 1 nitrogen and oxygen atoms in total. The van der Waals surface area contributed by atoms with E-state index in [1.54, 1.807) is 0 Å². The van der Waals surface area contributed by atoms with E-state index < -0.39 is 0 Å². The van der Waals surface area contributed by atoms with Crippen LogP contribution in [0.2, 0.25) is 0 Å². The smallest absolute Gasteiger partial charge is 0.102 e. The van der Waals surface area contributed by atoms with Crippen molar-refractivity contribution in [3.8, 4) is 6.07 Å². The van der Waals surface area contributed by atoms with E-state index >= 15 is 0 Å². The van der Waals surface area contributed by atoms with Gasteiger partial charge >= 0.3 is 0 Å². The molecular weight excluding hydrogens is 214 g/mol. The third-order valence-electron chi connectivity index (χ3n) is 1.67. The van der Waals surface area contributed by atoms with E-state index in [-0.39, 0.29) is 4.83 Å². The molecule has 0 amide bonds. The molecule has 0 aromatic heterocycles. The van der Waals surface area contributed by atoms with Crippen LogP contribution in [0.5, 0.6) is 0 Å². The molecule has 0 heterocycles. The lowest BCUT2D eigenvalue weighted by atomic mass is 10.1. The van der Waals surface area contributed by atoms with Crippen molar-refractivity contribution in [3.05, 3.63) is 35.9 Å². The largest absolute Gasteiger partial charge is 0.197 e. The molecule has 0 bridgehead atoms. The van der Waals surface area contributed by atoms with Crippen LogP contribution in [0.25, 0.3) is 0 Å². The van der Waals surface area contributed by atoms with Gasteiger partial charge in [0.15, 0.2) is 0 Å². The number of aryl methyl sites for hydroxylation is 1. The molecule has 0 aliphatic carbocycles. The Morgan fingerprint density at radius 1 is 1.33 bits per heavy atom. The first kappa shape index (κ1) is 9.28. The summed E-state index contributed by atoms with van der Waals surface area (Å²) in [6.07, 6.45) is 1.84. The van der Waals surface area contributed by atoms with Crippen molar-refractivity contribution >= 4 is 15.9 Å². The second-order valence-electron chi connectivity index (χ2n) is 2.62. The fourth-order valence-electron chi connectivity index (χ4n) is 1.00. The summed E-state index contributed by atoms with van der Waals surface area (Å²) in [7, 11) is 0. The van der Waals surface area contributed by atoms with Crippen LogP contribution >= 0.6 is 15.9 Å². The normalized spacial score (nSPS) is 12.0. The predicted molar refractivity (Wildman–Crippen MR) is 53.1 cm³/mol. The number of alkyl halides is 1. The minimum atomic E-state index is -0.0160. The van der Waals surface area contributed by atoms with Crippen LogP contribution in [0, 0.1) is 11.3 Å². The van der Waals surface area contributed by atoms with E-state index in [1.807, 2.05) is 18.2 Å². The number of rotatable bonds is 3. The van der Waals surface area contributed by atoms with Gasteiger partial charge in [-0.3, -0.25) is 0 Å². The lowest BCUT2D eigenvalue weighted by Crippen LogP contribution is -1.95. The molecule has 0 saturated carbocycles. The van der Waals surface area contributed by atoms with E-state index in [9.17, 15) is 0 Å². The monoisotopic (exact) mass is 223 g/mol. The number of hydrogen-bond donors (Lipinski definition) is 0. The zero-order valence-electron chi connectivity index (χ0n) is 6.70. The molecule has 0 fully saturated rings. The zero-order valence-corrected chi connectivity index (χ0v) is 8.29. The summed E-state index contributed by atoms with van der Waals surface area (Å²) in [6, 6.07) is 12.3. The summed E-state index contributed by atoms with van der Waals surface area (Å²) in [5.74, 6) is 0. The average Bonchev–Trinajstić information content (AvgIpc) is 2.16. The summed E-state index contributed by atoms with van der Waals surface area (Å²) in [5, 5.41) is 8.52. The Bertz CT molecular complexity index is 263. The SMILES string of the molecule is N#CC(Br)CCc1ccccc1. The van der Waals surface area contributed by atoms with Crippen molar-refractivity contribution in [1.29, 1.82) is 5.26 Å². The highest BCUT2D eigenvalue weighted by molar-refractivity contribution is 9.09. The molecule has 0 aliphatic heterocycles. The van der Waals surface area contributed by atoms with Crippen LogP contribution < -0.4 is 0 Å². The number of hydrogen-bond acceptors (Lipinski definition) is 1. The maximum absolute atomic E-state index is 8.52. The Balaban J connectivity index is 2.40. The highest BCUT2D eigenvalue weighted by atomic mass is 79.9. The van der Waals surface area contributed by atoms with Gasteiger partial charge in [0, 0.05) is 0 Å². The van der Waals surface area contributed by atoms with Gasteiger partial charge in [-0.25, -0.2) is 0 Å². The van der Waals surface area contributed by atoms with Crippen molar-refractivity contribution in [2.45, 2.75) is 17.7 Å². The van der Waals surface area contributed by atoms with Gasteiger partial charge in [0.05, 0.1) is 6.07 Å². The fraction of sp³-hybridized carbons (Fsp3) is 0.300. The van der Waals surface area contributed by atoms with Gasteiger partial charge in [-0.2, -0.15) is 5.26 Å². The van der Waals surface area contributed by atoms with Crippen LogP contribution in [-0.4, -0.2) is 4.83 Å². The first-order valence-electron chi connectivity index (χ1n) is 3.90. The van der Waals surface area contributed by atoms with E-state index in [2.05, 4.69) is 34.1 Å². The zero-order chi connectivity index (χ0) is 8.81. The maximum Gasteiger partial charge on any atom is 0.102 e. The van der Waals surface area contributed by atoms with Crippen molar-refractivity contribution in [2.75, 3.05) is 0 Å². The molecule has 1 atom stereocenters. The van der Waals surface area contributed by atoms with Crippen molar-refractivity contribution < 1.29 is 0 Å². The van der Waals surface area contributed by atoms with Gasteiger partial charge in [0.1, 0.15) is 4.83 Å². The number of nitriles is 1. The van der Waals surface area contributed by atoms with Gasteiger partial charge in [0.25, 0.3) is 0 Å². The third-order valence-corrected chi connectivity index (χ3v) is 2.33. The molecule has 1 aromatic carbocycles. The molecule has 2 heteroatoms. The Morgan fingerprint density at radius 2 is 2.00 bits per heavy atom. The number of halogens is 1. The highest BCUT2D eigenvalue weighted by Gasteiger charge is 2.00. The summed E-state index contributed by atoms with van der Waals surface area (Å²) in [6.45, 7) is 0. The molecule has 1 unspecified atom stereocenters. The Labute approximate surface area is 81.2 Å². The molecule has 12 heavy (non-hydrogen) atoms. The summed E-state index contributed by atoms with van der Waals surface area (Å²) < 4.78 is 0. The standard InChI is InChI=1S/C10H10BrN/c11-10(8-12)7-6-9-4-2-1-3-5-9/h1-5,10H,6-7H2. The molecule has 0 N–H and O–H groups in total. The summed E-state index contributed by atoms with van der Waals surface area (Å²) >= 11 is 3.27. The van der Waals surface area contributed by atoms with Crippen LogP contribution in [-0.2, 0) is 6.42 Å². The highest BCUT2D eigenvalue weighted by Crippen LogP contribution is 2.09. The van der Waals surface area contributed by atoms with Gasteiger partial charge < -0.3 is 0 Å². The van der Waals surface area contributed by atoms with Crippen molar-refractivity contribution in [2.24, 2.45) is 0 Å². The minimum Gasteiger partial charge on any atom is -0.197 e. The van der Waals surface area contributed by atoms with E-state index in [0.29, 0.717) is 0 Å². The molecule has 1 aromatic rings. The average molecular weight is 224 g/mol. The topological polar surface area (TPSA) is 23.8 Å². The van der Waals surface area contributed by atoms with Gasteiger partial charge in [-0.1, -0.05) is 46.3 Å². The Kier molecular flexibility index (Phi) is 3.83. The summed E-state index contributed by atoms with van der Waals surface area (Å²) in [5.41, 5.74) is 1.29. The van der Waals surface area contributed by atoms with Crippen molar-refractivity contribution in [3.63, 3.8) is 0 Å². The van der Waals surface area contributed by atoms with Crippen molar-refractivity contribution in [1.82, 2.24) is 0 Å². The van der Waals surface area contributed by atoms with Gasteiger partial charge in [-0.15, -0.1) is 0 Å². The Morgan fingerprint density at radius 3 is 2.58 bits per heavy atom. The van der Waals surface area contributed by atoms with Gasteiger partial charge in [0.2, 0.25) is 0 Å². The first-order chi connectivity index (χ1) is 5.83. The fourth-order valence-corrected chi connectivity index (χ4v) is 1.23. The van der Waals surface area contributed by atoms with Crippen LogP contribution in [0.4, 0.5) is 0 Å². The molecule has 0 spiro atoms. The molecule has 1 rings (SSSR count). The lowest BCUT2D eigenvalue weighted by Gasteiger charge is -2.00. The molecule has 0 radical (unpaired) electrons. The molecule has 0 aliphatic rings. The van der Waals surface area contributed by atoms with Gasteiger partial charge in [-0.05, 0) is 18.4 Å². The van der Waals surface area contributed by atoms with E-state index in [4.69, 9.17) is 5.26 Å². The third kappa shape index (κ3) is 3.06. The molecular formula is C10H10BrN. The first-order valence-corrected chi connectivity index (χ1v) is 4.82. The quantitative estimate of drug-likeness (QED) is 0.724. The Hall–Kier alpha value is -0.810. The second-order valence-corrected chi connectivity index (χ2v) is 3.73. The van der Waals surface area contributed by atoms with Crippen LogP contribution in [0.15, 0.2) is 30.3 Å². The van der Waals surface area contributed by atoms with Crippen LogP contribution in [0.3, 0.4) is 0 Å². The van der Waals surface area contributed by atoms with Crippen LogP contribution in [0.1, 0.15) is 12.0 Å². The van der Waals surface area contributed by atoms with E-state index in [0.717, 1.165) is 12.8 Å². The maximum atomic E-state index is 8.52. The lowest BCUT2D eigenvalue weighted by molar-refractivity contribution is 0.872. The molecule has 62 valence electrons. The number of nitrogens with zero attached hydrogens (tertiary/aromatic N) is 1. The minimum absolute atomic E-state index is 0.0160. The van der Waals surface area contributed by atoms with E-state index in [1.165, 1.54) is 5.56 Å². The second kappa shape index (κ2) is 4.95. The number of benzene rings is 1. The molecule has 0 saturated heterocycles. The summed E-state index contributed by atoms with van der Waals surface area (Å²) in [4.78, 5) is -0.0160.